The lowest BCUT2D eigenvalue weighted by atomic mass is 9.97. The van der Waals surface area contributed by atoms with Crippen molar-refractivity contribution in [3.8, 4) is 5.75 Å². The lowest BCUT2D eigenvalue weighted by molar-refractivity contribution is -0.126. The Morgan fingerprint density at radius 3 is 2.68 bits per heavy atom. The first-order valence-electron chi connectivity index (χ1n) is 8.67. The summed E-state index contributed by atoms with van der Waals surface area (Å²) in [5.74, 6) is 0.497. The number of piperidine rings is 1. The second kappa shape index (κ2) is 8.23. The molecule has 1 aromatic carbocycles. The average Bonchev–Trinajstić information content (AvgIpc) is 2.58. The highest BCUT2D eigenvalue weighted by Gasteiger charge is 2.30. The maximum Gasteiger partial charge on any atom is 0.410 e. The molecule has 138 valence electrons. The standard InChI is InChI=1S/C19H28N2O4/c1-19(2,3)25-18(23)21-11-7-9-15(13-21)17(22)20-12-14-8-5-6-10-16(14)24-4/h5-6,8,10,15H,7,9,11-13H2,1-4H3,(H,20,22)/t15-/m1/s1. The average molecular weight is 348 g/mol. The lowest BCUT2D eigenvalue weighted by Crippen LogP contribution is -2.46. The molecule has 0 aliphatic carbocycles. The minimum Gasteiger partial charge on any atom is -0.496 e. The first kappa shape index (κ1) is 19.1. The predicted octanol–water partition coefficient (Wildman–Crippen LogP) is 2.96. The molecule has 0 radical (unpaired) electrons. The molecule has 1 heterocycles. The van der Waals surface area contributed by atoms with Gasteiger partial charge in [-0.3, -0.25) is 4.79 Å². The summed E-state index contributed by atoms with van der Waals surface area (Å²) in [5, 5.41) is 2.95. The molecule has 25 heavy (non-hydrogen) atoms. The molecule has 0 aromatic heterocycles. The molecule has 0 saturated carbocycles. The molecule has 0 spiro atoms. The predicted molar refractivity (Wildman–Crippen MR) is 95.4 cm³/mol. The second-order valence-corrected chi connectivity index (χ2v) is 7.30. The molecule has 1 aromatic rings. The van der Waals surface area contributed by atoms with Crippen molar-refractivity contribution in [3.05, 3.63) is 29.8 Å². The van der Waals surface area contributed by atoms with Crippen LogP contribution in [0.25, 0.3) is 0 Å². The fourth-order valence-electron chi connectivity index (χ4n) is 2.86. The number of nitrogens with one attached hydrogen (secondary N) is 1. The van der Waals surface area contributed by atoms with E-state index in [-0.39, 0.29) is 17.9 Å². The van der Waals surface area contributed by atoms with E-state index in [0.717, 1.165) is 24.2 Å². The zero-order chi connectivity index (χ0) is 18.4. The Labute approximate surface area is 149 Å². The van der Waals surface area contributed by atoms with Crippen LogP contribution < -0.4 is 10.1 Å². The van der Waals surface area contributed by atoms with Gasteiger partial charge in [0, 0.05) is 25.2 Å². The molecular weight excluding hydrogens is 320 g/mol. The molecule has 1 aliphatic rings. The summed E-state index contributed by atoms with van der Waals surface area (Å²) in [4.78, 5) is 26.3. The van der Waals surface area contributed by atoms with Crippen molar-refractivity contribution in [2.24, 2.45) is 5.92 Å². The van der Waals surface area contributed by atoms with Gasteiger partial charge in [-0.2, -0.15) is 0 Å². The smallest absolute Gasteiger partial charge is 0.410 e. The van der Waals surface area contributed by atoms with E-state index in [0.29, 0.717) is 19.6 Å². The number of benzene rings is 1. The van der Waals surface area contributed by atoms with E-state index >= 15 is 0 Å². The Hall–Kier alpha value is -2.24. The highest BCUT2D eigenvalue weighted by atomic mass is 16.6. The van der Waals surface area contributed by atoms with E-state index in [2.05, 4.69) is 5.32 Å². The first-order chi connectivity index (χ1) is 11.8. The second-order valence-electron chi connectivity index (χ2n) is 7.30. The summed E-state index contributed by atoms with van der Waals surface area (Å²) >= 11 is 0. The van der Waals surface area contributed by atoms with Crippen LogP contribution in [0.15, 0.2) is 24.3 Å². The van der Waals surface area contributed by atoms with Crippen LogP contribution in [-0.2, 0) is 16.1 Å². The number of ether oxygens (including phenoxy) is 2. The highest BCUT2D eigenvalue weighted by Crippen LogP contribution is 2.21. The number of hydrogen-bond acceptors (Lipinski definition) is 4. The van der Waals surface area contributed by atoms with Crippen LogP contribution in [0.2, 0.25) is 0 Å². The number of nitrogens with zero attached hydrogens (tertiary/aromatic N) is 1. The Morgan fingerprint density at radius 2 is 2.00 bits per heavy atom. The van der Waals surface area contributed by atoms with E-state index in [4.69, 9.17) is 9.47 Å². The summed E-state index contributed by atoms with van der Waals surface area (Å²) in [6, 6.07) is 7.60. The Balaban J connectivity index is 1.90. The maximum atomic E-state index is 12.5. The van der Waals surface area contributed by atoms with Crippen molar-refractivity contribution < 1.29 is 19.1 Å². The van der Waals surface area contributed by atoms with Crippen LogP contribution >= 0.6 is 0 Å². The largest absolute Gasteiger partial charge is 0.496 e. The van der Waals surface area contributed by atoms with E-state index in [1.807, 2.05) is 45.0 Å². The molecule has 6 nitrogen and oxygen atoms in total. The number of likely N-dealkylation sites (tertiary alicyclic amines) is 1. The number of carbonyl (C=O) groups is 2. The fourth-order valence-corrected chi connectivity index (χ4v) is 2.86. The van der Waals surface area contributed by atoms with Crippen molar-refractivity contribution in [1.29, 1.82) is 0 Å². The zero-order valence-electron chi connectivity index (χ0n) is 15.5. The van der Waals surface area contributed by atoms with Gasteiger partial charge < -0.3 is 19.7 Å². The SMILES string of the molecule is COc1ccccc1CNC(=O)[C@@H]1CCCN(C(=O)OC(C)(C)C)C1. The summed E-state index contributed by atoms with van der Waals surface area (Å²) in [6.07, 6.45) is 1.22. The number of carbonyl (C=O) groups excluding carboxylic acids is 2. The van der Waals surface area contributed by atoms with Gasteiger partial charge in [-0.05, 0) is 39.7 Å². The van der Waals surface area contributed by atoms with Gasteiger partial charge in [0.25, 0.3) is 0 Å². The fraction of sp³-hybridized carbons (Fsp3) is 0.579. The summed E-state index contributed by atoms with van der Waals surface area (Å²) < 4.78 is 10.7. The Bertz CT molecular complexity index is 610. The molecule has 2 amide bonds. The summed E-state index contributed by atoms with van der Waals surface area (Å²) in [6.45, 7) is 6.95. The van der Waals surface area contributed by atoms with Gasteiger partial charge in [-0.25, -0.2) is 4.79 Å². The van der Waals surface area contributed by atoms with E-state index in [1.165, 1.54) is 0 Å². The summed E-state index contributed by atoms with van der Waals surface area (Å²) in [7, 11) is 1.61. The van der Waals surface area contributed by atoms with E-state index in [1.54, 1.807) is 12.0 Å². The molecule has 2 rings (SSSR count). The van der Waals surface area contributed by atoms with Crippen LogP contribution in [0, 0.1) is 5.92 Å². The molecule has 6 heteroatoms. The van der Waals surface area contributed by atoms with Crippen molar-refractivity contribution in [2.45, 2.75) is 45.8 Å². The number of rotatable bonds is 4. The van der Waals surface area contributed by atoms with Crippen molar-refractivity contribution in [1.82, 2.24) is 10.2 Å². The lowest BCUT2D eigenvalue weighted by Gasteiger charge is -2.33. The maximum absolute atomic E-state index is 12.5. The summed E-state index contributed by atoms with van der Waals surface area (Å²) in [5.41, 5.74) is 0.397. The molecular formula is C19H28N2O4. The zero-order valence-corrected chi connectivity index (χ0v) is 15.5. The van der Waals surface area contributed by atoms with Crippen LogP contribution in [-0.4, -0.2) is 42.7 Å². The van der Waals surface area contributed by atoms with E-state index < -0.39 is 5.60 Å². The highest BCUT2D eigenvalue weighted by molar-refractivity contribution is 5.80. The van der Waals surface area contributed by atoms with Gasteiger partial charge in [0.1, 0.15) is 11.4 Å². The molecule has 1 atom stereocenters. The number of para-hydroxylation sites is 1. The van der Waals surface area contributed by atoms with Gasteiger partial charge in [0.15, 0.2) is 0 Å². The quantitative estimate of drug-likeness (QED) is 0.908. The van der Waals surface area contributed by atoms with Crippen LogP contribution in [0.4, 0.5) is 4.79 Å². The van der Waals surface area contributed by atoms with Gasteiger partial charge in [-0.15, -0.1) is 0 Å². The van der Waals surface area contributed by atoms with Crippen molar-refractivity contribution >= 4 is 12.0 Å². The number of amides is 2. The monoisotopic (exact) mass is 348 g/mol. The first-order valence-corrected chi connectivity index (χ1v) is 8.67. The van der Waals surface area contributed by atoms with Crippen molar-refractivity contribution in [3.63, 3.8) is 0 Å². The normalized spacial score (nSPS) is 17.8. The van der Waals surface area contributed by atoms with Crippen molar-refractivity contribution in [2.75, 3.05) is 20.2 Å². The molecule has 1 fully saturated rings. The molecule has 1 saturated heterocycles. The van der Waals surface area contributed by atoms with Gasteiger partial charge in [0.2, 0.25) is 5.91 Å². The third-order valence-corrected chi connectivity index (χ3v) is 4.09. The van der Waals surface area contributed by atoms with Gasteiger partial charge in [-0.1, -0.05) is 18.2 Å². The van der Waals surface area contributed by atoms with Crippen LogP contribution in [0.1, 0.15) is 39.2 Å². The Kier molecular flexibility index (Phi) is 6.28. The van der Waals surface area contributed by atoms with Gasteiger partial charge >= 0.3 is 6.09 Å². The minimum atomic E-state index is -0.532. The number of methoxy groups -OCH3 is 1. The topological polar surface area (TPSA) is 67.9 Å². The molecule has 0 unspecified atom stereocenters. The third kappa shape index (κ3) is 5.66. The van der Waals surface area contributed by atoms with Gasteiger partial charge in [0.05, 0.1) is 13.0 Å². The third-order valence-electron chi connectivity index (χ3n) is 4.09. The molecule has 1 N–H and O–H groups in total. The molecule has 1 aliphatic heterocycles. The van der Waals surface area contributed by atoms with Crippen LogP contribution in [0.5, 0.6) is 5.75 Å². The van der Waals surface area contributed by atoms with E-state index in [9.17, 15) is 9.59 Å². The molecule has 0 bridgehead atoms. The minimum absolute atomic E-state index is 0.0424. The number of hydrogen-bond donors (Lipinski definition) is 1. The Morgan fingerprint density at radius 1 is 1.28 bits per heavy atom. The van der Waals surface area contributed by atoms with Crippen LogP contribution in [0.3, 0.4) is 0 Å².